The molecule has 4 nitrogen and oxygen atoms in total. The Kier molecular flexibility index (Phi) is 4.08. The van der Waals surface area contributed by atoms with Crippen molar-refractivity contribution in [1.82, 2.24) is 10.2 Å². The van der Waals surface area contributed by atoms with Gasteiger partial charge in [-0.05, 0) is 37.7 Å². The Morgan fingerprint density at radius 1 is 1.26 bits per heavy atom. The quantitative estimate of drug-likeness (QED) is 0.868. The van der Waals surface area contributed by atoms with E-state index in [1.165, 1.54) is 12.1 Å². The molecule has 3 amide bonds. The van der Waals surface area contributed by atoms with Crippen LogP contribution >= 0.6 is 0 Å². The van der Waals surface area contributed by atoms with E-state index >= 15 is 0 Å². The van der Waals surface area contributed by atoms with Crippen LogP contribution in [0.3, 0.4) is 0 Å². The summed E-state index contributed by atoms with van der Waals surface area (Å²) in [4.78, 5) is 25.9. The highest BCUT2D eigenvalue weighted by molar-refractivity contribution is 6.07. The van der Waals surface area contributed by atoms with E-state index in [0.717, 1.165) is 30.2 Å². The maximum Gasteiger partial charge on any atom is 0.325 e. The first-order valence-corrected chi connectivity index (χ1v) is 8.04. The number of nitrogens with one attached hydrogen (secondary N) is 1. The first-order chi connectivity index (χ1) is 11.0. The van der Waals surface area contributed by atoms with Crippen molar-refractivity contribution in [2.45, 2.75) is 51.1 Å². The molecule has 6 heteroatoms. The molecule has 1 saturated carbocycles. The summed E-state index contributed by atoms with van der Waals surface area (Å²) in [6.07, 6.45) is 4.07. The second-order valence-electron chi connectivity index (χ2n) is 6.47. The van der Waals surface area contributed by atoms with Gasteiger partial charge in [0.15, 0.2) is 11.6 Å². The minimum Gasteiger partial charge on any atom is -0.323 e. The lowest BCUT2D eigenvalue weighted by Crippen LogP contribution is -2.49. The molecule has 1 aliphatic heterocycles. The summed E-state index contributed by atoms with van der Waals surface area (Å²) >= 11 is 0. The number of urea groups is 1. The van der Waals surface area contributed by atoms with Gasteiger partial charge in [-0.15, -0.1) is 0 Å². The normalized spacial score (nSPS) is 27.6. The third kappa shape index (κ3) is 2.71. The molecule has 1 aromatic carbocycles. The summed E-state index contributed by atoms with van der Waals surface area (Å²) in [5.41, 5.74) is -0.847. The number of carbonyl (C=O) groups is 2. The van der Waals surface area contributed by atoms with Gasteiger partial charge in [0.1, 0.15) is 5.54 Å². The molecular weight excluding hydrogens is 302 g/mol. The Morgan fingerprint density at radius 2 is 1.96 bits per heavy atom. The predicted octanol–water partition coefficient (Wildman–Crippen LogP) is 3.36. The van der Waals surface area contributed by atoms with E-state index in [9.17, 15) is 18.4 Å². The zero-order valence-electron chi connectivity index (χ0n) is 13.1. The van der Waals surface area contributed by atoms with Crippen molar-refractivity contribution in [3.8, 4) is 0 Å². The number of benzene rings is 1. The molecule has 0 atom stereocenters. The molecule has 124 valence electrons. The highest BCUT2D eigenvalue weighted by Gasteiger charge is 2.52. The lowest BCUT2D eigenvalue weighted by Gasteiger charge is -2.34. The van der Waals surface area contributed by atoms with Crippen LogP contribution in [0.25, 0.3) is 0 Å². The maximum absolute atomic E-state index is 13.8. The van der Waals surface area contributed by atoms with E-state index in [-0.39, 0.29) is 18.0 Å². The number of amides is 3. The Labute approximate surface area is 133 Å². The fourth-order valence-corrected chi connectivity index (χ4v) is 3.58. The molecule has 0 unspecified atom stereocenters. The SMILES string of the molecule is CCC1CCC2(CC1)NC(=O)N(Cc1cccc(F)c1F)C2=O. The summed E-state index contributed by atoms with van der Waals surface area (Å²) in [5, 5.41) is 2.79. The molecule has 0 aromatic heterocycles. The number of hydrogen-bond donors (Lipinski definition) is 1. The first-order valence-electron chi connectivity index (χ1n) is 8.04. The monoisotopic (exact) mass is 322 g/mol. The first kappa shape index (κ1) is 15.9. The second kappa shape index (κ2) is 5.91. The number of halogens is 2. The highest BCUT2D eigenvalue weighted by Crippen LogP contribution is 2.38. The van der Waals surface area contributed by atoms with Gasteiger partial charge in [-0.3, -0.25) is 9.69 Å². The van der Waals surface area contributed by atoms with E-state index in [4.69, 9.17) is 0 Å². The van der Waals surface area contributed by atoms with Gasteiger partial charge >= 0.3 is 6.03 Å². The number of hydrogen-bond acceptors (Lipinski definition) is 2. The minimum absolute atomic E-state index is 0.00722. The molecule has 3 rings (SSSR count). The van der Waals surface area contributed by atoms with Crippen molar-refractivity contribution in [2.75, 3.05) is 0 Å². The smallest absolute Gasteiger partial charge is 0.323 e. The van der Waals surface area contributed by atoms with Gasteiger partial charge in [-0.2, -0.15) is 0 Å². The molecule has 1 heterocycles. The van der Waals surface area contributed by atoms with Crippen LogP contribution in [-0.4, -0.2) is 22.4 Å². The van der Waals surface area contributed by atoms with Crippen LogP contribution in [0, 0.1) is 17.6 Å². The summed E-state index contributed by atoms with van der Waals surface area (Å²) in [7, 11) is 0. The van der Waals surface area contributed by atoms with Gasteiger partial charge in [0.25, 0.3) is 5.91 Å². The average molecular weight is 322 g/mol. The Morgan fingerprint density at radius 3 is 2.61 bits per heavy atom. The number of imide groups is 1. The van der Waals surface area contributed by atoms with Crippen molar-refractivity contribution in [3.05, 3.63) is 35.4 Å². The fraction of sp³-hybridized carbons (Fsp3) is 0.529. The van der Waals surface area contributed by atoms with E-state index in [1.807, 2.05) is 0 Å². The van der Waals surface area contributed by atoms with E-state index in [0.29, 0.717) is 18.8 Å². The Bertz CT molecular complexity index is 639. The fourth-order valence-electron chi connectivity index (χ4n) is 3.58. The largest absolute Gasteiger partial charge is 0.325 e. The van der Waals surface area contributed by atoms with Gasteiger partial charge < -0.3 is 5.32 Å². The van der Waals surface area contributed by atoms with Crippen molar-refractivity contribution in [2.24, 2.45) is 5.92 Å². The third-order valence-electron chi connectivity index (χ3n) is 5.14. The lowest BCUT2D eigenvalue weighted by atomic mass is 9.75. The molecule has 1 spiro atoms. The van der Waals surface area contributed by atoms with E-state index in [2.05, 4.69) is 12.2 Å². The van der Waals surface area contributed by atoms with Crippen LogP contribution in [0.15, 0.2) is 18.2 Å². The average Bonchev–Trinajstić information content (AvgIpc) is 2.77. The number of rotatable bonds is 3. The number of nitrogens with zero attached hydrogens (tertiary/aromatic N) is 1. The maximum atomic E-state index is 13.8. The summed E-state index contributed by atoms with van der Waals surface area (Å²) in [5.74, 6) is -1.72. The van der Waals surface area contributed by atoms with Gasteiger partial charge in [-0.1, -0.05) is 25.5 Å². The van der Waals surface area contributed by atoms with Gasteiger partial charge in [0.2, 0.25) is 0 Å². The molecule has 2 fully saturated rings. The molecule has 2 aliphatic rings. The summed E-state index contributed by atoms with van der Waals surface area (Å²) in [6, 6.07) is 3.25. The molecule has 1 aromatic rings. The molecule has 0 radical (unpaired) electrons. The van der Waals surface area contributed by atoms with Gasteiger partial charge in [0.05, 0.1) is 6.54 Å². The summed E-state index contributed by atoms with van der Waals surface area (Å²) < 4.78 is 27.1. The van der Waals surface area contributed by atoms with E-state index in [1.54, 1.807) is 0 Å². The van der Waals surface area contributed by atoms with Crippen LogP contribution in [0.5, 0.6) is 0 Å². The standard InChI is InChI=1S/C17H20F2N2O2/c1-2-11-6-8-17(9-7-11)15(22)21(16(23)20-17)10-12-4-3-5-13(18)14(12)19/h3-5,11H,2,6-10H2,1H3,(H,20,23). The second-order valence-corrected chi connectivity index (χ2v) is 6.47. The van der Waals surface area contributed by atoms with E-state index < -0.39 is 23.2 Å². The van der Waals surface area contributed by atoms with Crippen LogP contribution in [0.2, 0.25) is 0 Å². The van der Waals surface area contributed by atoms with Crippen LogP contribution in [-0.2, 0) is 11.3 Å². The van der Waals surface area contributed by atoms with Crippen molar-refractivity contribution in [1.29, 1.82) is 0 Å². The minimum atomic E-state index is -1.01. The van der Waals surface area contributed by atoms with Gasteiger partial charge in [0, 0.05) is 5.56 Å². The van der Waals surface area contributed by atoms with Gasteiger partial charge in [-0.25, -0.2) is 13.6 Å². The molecular formula is C17H20F2N2O2. The zero-order valence-corrected chi connectivity index (χ0v) is 13.1. The topological polar surface area (TPSA) is 49.4 Å². The lowest BCUT2D eigenvalue weighted by molar-refractivity contribution is -0.133. The molecule has 1 aliphatic carbocycles. The predicted molar refractivity (Wildman–Crippen MR) is 80.4 cm³/mol. The third-order valence-corrected chi connectivity index (χ3v) is 5.14. The highest BCUT2D eigenvalue weighted by atomic mass is 19.2. The summed E-state index contributed by atoms with van der Waals surface area (Å²) in [6.45, 7) is 1.88. The van der Waals surface area contributed by atoms with Crippen LogP contribution < -0.4 is 5.32 Å². The molecule has 1 saturated heterocycles. The molecule has 23 heavy (non-hydrogen) atoms. The van der Waals surface area contributed by atoms with Crippen molar-refractivity contribution < 1.29 is 18.4 Å². The Hall–Kier alpha value is -1.98. The number of carbonyl (C=O) groups excluding carboxylic acids is 2. The van der Waals surface area contributed by atoms with Crippen molar-refractivity contribution in [3.63, 3.8) is 0 Å². The van der Waals surface area contributed by atoms with Crippen LogP contribution in [0.4, 0.5) is 13.6 Å². The molecule has 1 N–H and O–H groups in total. The Balaban J connectivity index is 1.78. The molecule has 0 bridgehead atoms. The van der Waals surface area contributed by atoms with Crippen molar-refractivity contribution >= 4 is 11.9 Å². The van der Waals surface area contributed by atoms with Crippen LogP contribution in [0.1, 0.15) is 44.6 Å². The zero-order chi connectivity index (χ0) is 16.6.